The molecule has 0 saturated heterocycles. The first kappa shape index (κ1) is 10.2. The lowest BCUT2D eigenvalue weighted by Crippen LogP contribution is -2.09. The van der Waals surface area contributed by atoms with Gasteiger partial charge in [-0.3, -0.25) is 0 Å². The first-order valence-electron chi connectivity index (χ1n) is 3.14. The van der Waals surface area contributed by atoms with Gasteiger partial charge in [-0.2, -0.15) is 13.2 Å². The molecule has 3 nitrogen and oxygen atoms in total. The van der Waals surface area contributed by atoms with Crippen molar-refractivity contribution >= 4 is 11.6 Å². The number of aromatic nitrogens is 2. The van der Waals surface area contributed by atoms with Crippen LogP contribution in [-0.2, 0) is 12.8 Å². The Balaban J connectivity index is 3.13. The van der Waals surface area contributed by atoms with Gasteiger partial charge >= 0.3 is 6.18 Å². The van der Waals surface area contributed by atoms with Crippen LogP contribution in [0.1, 0.15) is 11.4 Å². The van der Waals surface area contributed by atoms with Crippen LogP contribution < -0.4 is 0 Å². The molecule has 0 fully saturated rings. The molecule has 0 atom stereocenters. The highest BCUT2D eigenvalue weighted by molar-refractivity contribution is 6.30. The lowest BCUT2D eigenvalue weighted by atomic mass is 10.3. The zero-order chi connectivity index (χ0) is 10.1. The van der Waals surface area contributed by atoms with Crippen molar-refractivity contribution < 1.29 is 18.3 Å². The van der Waals surface area contributed by atoms with E-state index in [2.05, 4.69) is 9.97 Å². The molecule has 0 aliphatic rings. The second-order valence-corrected chi connectivity index (χ2v) is 2.50. The summed E-state index contributed by atoms with van der Waals surface area (Å²) in [7, 11) is 0. The Kier molecular flexibility index (Phi) is 2.72. The predicted molar refractivity (Wildman–Crippen MR) is 38.0 cm³/mol. The van der Waals surface area contributed by atoms with Gasteiger partial charge in [-0.15, -0.1) is 0 Å². The van der Waals surface area contributed by atoms with Crippen molar-refractivity contribution in [2.24, 2.45) is 0 Å². The summed E-state index contributed by atoms with van der Waals surface area (Å²) in [6.07, 6.45) is -4.02. The van der Waals surface area contributed by atoms with E-state index in [4.69, 9.17) is 16.7 Å². The van der Waals surface area contributed by atoms with E-state index in [1.54, 1.807) is 0 Å². The molecule has 1 aromatic rings. The van der Waals surface area contributed by atoms with Crippen LogP contribution >= 0.6 is 11.6 Å². The van der Waals surface area contributed by atoms with Crippen molar-refractivity contribution in [3.63, 3.8) is 0 Å². The summed E-state index contributed by atoms with van der Waals surface area (Å²) >= 11 is 5.21. The van der Waals surface area contributed by atoms with Crippen molar-refractivity contribution in [2.75, 3.05) is 0 Å². The molecule has 1 rings (SSSR count). The van der Waals surface area contributed by atoms with Crippen LogP contribution in [0.4, 0.5) is 13.2 Å². The maximum Gasteiger partial charge on any atom is 0.420 e. The van der Waals surface area contributed by atoms with Crippen LogP contribution in [0, 0.1) is 0 Å². The van der Waals surface area contributed by atoms with Crippen LogP contribution in [-0.4, -0.2) is 15.1 Å². The van der Waals surface area contributed by atoms with Crippen LogP contribution in [0.5, 0.6) is 0 Å². The number of halogens is 4. The minimum atomic E-state index is -4.56. The van der Waals surface area contributed by atoms with E-state index in [9.17, 15) is 13.2 Å². The van der Waals surface area contributed by atoms with Crippen molar-refractivity contribution in [1.82, 2.24) is 9.97 Å². The molecule has 0 bridgehead atoms. The molecule has 0 aliphatic carbocycles. The first-order chi connectivity index (χ1) is 5.95. The molecular weight excluding hydrogens is 209 g/mol. The van der Waals surface area contributed by atoms with Gasteiger partial charge in [0.15, 0.2) is 5.82 Å². The molecule has 0 unspecified atom stereocenters. The molecule has 13 heavy (non-hydrogen) atoms. The van der Waals surface area contributed by atoms with E-state index < -0.39 is 23.5 Å². The molecule has 0 spiro atoms. The minimum absolute atomic E-state index is 0.141. The van der Waals surface area contributed by atoms with E-state index in [1.807, 2.05) is 0 Å². The number of aliphatic hydroxyl groups excluding tert-OH is 1. The van der Waals surface area contributed by atoms with Gasteiger partial charge in [-0.25, -0.2) is 9.97 Å². The number of hydrogen-bond donors (Lipinski definition) is 1. The van der Waals surface area contributed by atoms with Crippen molar-refractivity contribution in [2.45, 2.75) is 12.8 Å². The number of alkyl halides is 3. The molecule has 1 heterocycles. The molecule has 0 amide bonds. The van der Waals surface area contributed by atoms with Gasteiger partial charge in [0.05, 0.1) is 0 Å². The maximum absolute atomic E-state index is 12.1. The maximum atomic E-state index is 12.1. The summed E-state index contributed by atoms with van der Waals surface area (Å²) in [6.45, 7) is -0.544. The molecule has 0 radical (unpaired) electrons. The van der Waals surface area contributed by atoms with Crippen molar-refractivity contribution in [3.05, 3.63) is 22.7 Å². The zero-order valence-corrected chi connectivity index (χ0v) is 6.89. The molecule has 0 saturated carbocycles. The topological polar surface area (TPSA) is 46.0 Å². The van der Waals surface area contributed by atoms with Crippen molar-refractivity contribution in [1.29, 1.82) is 0 Å². The fourth-order valence-corrected chi connectivity index (χ4v) is 0.915. The van der Waals surface area contributed by atoms with Gasteiger partial charge in [0, 0.05) is 6.20 Å². The van der Waals surface area contributed by atoms with E-state index in [0.717, 1.165) is 0 Å². The quantitative estimate of drug-likeness (QED) is 0.720. The smallest absolute Gasteiger partial charge is 0.388 e. The van der Waals surface area contributed by atoms with Crippen LogP contribution in [0.3, 0.4) is 0 Å². The third-order valence-corrected chi connectivity index (χ3v) is 1.53. The first-order valence-corrected chi connectivity index (χ1v) is 3.52. The highest BCUT2D eigenvalue weighted by Crippen LogP contribution is 2.32. The normalized spacial score (nSPS) is 11.8. The SMILES string of the molecule is OCc1ncc(C(F)(F)F)c(Cl)n1. The predicted octanol–water partition coefficient (Wildman–Crippen LogP) is 1.64. The zero-order valence-electron chi connectivity index (χ0n) is 6.14. The summed E-state index contributed by atoms with van der Waals surface area (Å²) in [5.74, 6) is -0.141. The second-order valence-electron chi connectivity index (χ2n) is 2.15. The second kappa shape index (κ2) is 3.47. The molecule has 1 aromatic heterocycles. The Morgan fingerprint density at radius 3 is 2.46 bits per heavy atom. The van der Waals surface area contributed by atoms with Gasteiger partial charge in [-0.05, 0) is 0 Å². The Morgan fingerprint density at radius 2 is 2.08 bits per heavy atom. The standard InChI is InChI=1S/C6H4ClF3N2O/c7-5-3(6(8,9)10)1-11-4(2-13)12-5/h1,13H,2H2. The summed E-state index contributed by atoms with van der Waals surface area (Å²) in [6, 6.07) is 0. The van der Waals surface area contributed by atoms with E-state index in [0.29, 0.717) is 6.20 Å². The third kappa shape index (κ3) is 2.28. The molecular formula is C6H4ClF3N2O. The van der Waals surface area contributed by atoms with Gasteiger partial charge in [0.1, 0.15) is 17.3 Å². The monoisotopic (exact) mass is 212 g/mol. The lowest BCUT2D eigenvalue weighted by Gasteiger charge is -2.07. The van der Waals surface area contributed by atoms with Crippen LogP contribution in [0.25, 0.3) is 0 Å². The Labute approximate surface area is 76.2 Å². The van der Waals surface area contributed by atoms with E-state index >= 15 is 0 Å². The Morgan fingerprint density at radius 1 is 1.46 bits per heavy atom. The Hall–Kier alpha value is -0.880. The van der Waals surface area contributed by atoms with Crippen molar-refractivity contribution in [3.8, 4) is 0 Å². The van der Waals surface area contributed by atoms with Gasteiger partial charge < -0.3 is 5.11 Å². The fourth-order valence-electron chi connectivity index (χ4n) is 0.661. The number of hydrogen-bond acceptors (Lipinski definition) is 3. The molecule has 1 N–H and O–H groups in total. The van der Waals surface area contributed by atoms with E-state index in [1.165, 1.54) is 0 Å². The summed E-state index contributed by atoms with van der Waals surface area (Å²) in [5, 5.41) is 7.79. The average Bonchev–Trinajstić information content (AvgIpc) is 2.01. The third-order valence-electron chi connectivity index (χ3n) is 1.24. The van der Waals surface area contributed by atoms with Gasteiger partial charge in [-0.1, -0.05) is 11.6 Å². The van der Waals surface area contributed by atoms with E-state index in [-0.39, 0.29) is 5.82 Å². The molecule has 72 valence electrons. The highest BCUT2D eigenvalue weighted by Gasteiger charge is 2.34. The largest absolute Gasteiger partial charge is 0.420 e. The van der Waals surface area contributed by atoms with Gasteiger partial charge in [0.2, 0.25) is 0 Å². The highest BCUT2D eigenvalue weighted by atomic mass is 35.5. The molecule has 0 aliphatic heterocycles. The summed E-state index contributed by atoms with van der Waals surface area (Å²) < 4.78 is 36.2. The van der Waals surface area contributed by atoms with Gasteiger partial charge in [0.25, 0.3) is 0 Å². The summed E-state index contributed by atoms with van der Waals surface area (Å²) in [4.78, 5) is 6.50. The molecule has 0 aromatic carbocycles. The fraction of sp³-hybridized carbons (Fsp3) is 0.333. The number of aliphatic hydroxyl groups is 1. The number of nitrogens with zero attached hydrogens (tertiary/aromatic N) is 2. The summed E-state index contributed by atoms with van der Waals surface area (Å²) in [5.41, 5.74) is -1.11. The van der Waals surface area contributed by atoms with Crippen LogP contribution in [0.2, 0.25) is 5.15 Å². The number of rotatable bonds is 1. The minimum Gasteiger partial charge on any atom is -0.388 e. The average molecular weight is 213 g/mol. The Bertz CT molecular complexity index is 315. The van der Waals surface area contributed by atoms with Crippen LogP contribution in [0.15, 0.2) is 6.20 Å². The molecule has 7 heteroatoms. The lowest BCUT2D eigenvalue weighted by molar-refractivity contribution is -0.138.